The zero-order valence-corrected chi connectivity index (χ0v) is 21.1. The van der Waals surface area contributed by atoms with Gasteiger partial charge in [0.15, 0.2) is 0 Å². The topological polar surface area (TPSA) is 52.6 Å². The third kappa shape index (κ3) is 6.55. The number of nitrogens with one attached hydrogen (secondary N) is 1. The van der Waals surface area contributed by atoms with Crippen molar-refractivity contribution >= 4 is 11.6 Å². The quantitative estimate of drug-likeness (QED) is 0.420. The molecule has 0 aliphatic carbocycles. The molecule has 0 aliphatic rings. The maximum atomic E-state index is 14.2. The summed E-state index contributed by atoms with van der Waals surface area (Å²) in [5.74, 6) is 0.173. The van der Waals surface area contributed by atoms with Crippen molar-refractivity contribution in [3.05, 3.63) is 101 Å². The monoisotopic (exact) mass is 458 g/mol. The summed E-state index contributed by atoms with van der Waals surface area (Å²) in [7, 11) is 0. The standard InChI is InChI=1S/C30H38N2O2/c1-21(2)28(20-33)31-29(26-9-7-6-8-10-26)30(34)32(27-16-13-23(4)24(5)19-27)18-17-25-14-11-22(3)12-15-25/h6-16,19,21,28-29,31,33H,17-18,20H2,1-5H3. The lowest BCUT2D eigenvalue weighted by Gasteiger charge is -2.32. The second kappa shape index (κ2) is 12.0. The zero-order chi connectivity index (χ0) is 24.7. The lowest BCUT2D eigenvalue weighted by Crippen LogP contribution is -2.48. The highest BCUT2D eigenvalue weighted by Crippen LogP contribution is 2.25. The molecular formula is C30H38N2O2. The number of rotatable bonds is 10. The molecule has 2 N–H and O–H groups in total. The van der Waals surface area contributed by atoms with Crippen LogP contribution in [0.5, 0.6) is 0 Å². The third-order valence-electron chi connectivity index (χ3n) is 6.57. The molecule has 0 radical (unpaired) electrons. The van der Waals surface area contributed by atoms with Crippen molar-refractivity contribution in [2.24, 2.45) is 5.92 Å². The van der Waals surface area contributed by atoms with Gasteiger partial charge in [-0.1, -0.05) is 80.1 Å². The van der Waals surface area contributed by atoms with E-state index in [2.05, 4.69) is 76.3 Å². The third-order valence-corrected chi connectivity index (χ3v) is 6.57. The normalized spacial score (nSPS) is 13.0. The van der Waals surface area contributed by atoms with Crippen molar-refractivity contribution < 1.29 is 9.90 Å². The van der Waals surface area contributed by atoms with E-state index in [1.165, 1.54) is 16.7 Å². The summed E-state index contributed by atoms with van der Waals surface area (Å²) in [4.78, 5) is 16.1. The number of carbonyl (C=O) groups is 1. The van der Waals surface area contributed by atoms with Crippen molar-refractivity contribution in [2.75, 3.05) is 18.1 Å². The van der Waals surface area contributed by atoms with E-state index in [4.69, 9.17) is 0 Å². The predicted octanol–water partition coefficient (Wildman–Crippen LogP) is 5.54. The lowest BCUT2D eigenvalue weighted by molar-refractivity contribution is -0.121. The first-order valence-corrected chi connectivity index (χ1v) is 12.2. The van der Waals surface area contributed by atoms with Crippen LogP contribution in [-0.4, -0.2) is 30.2 Å². The molecule has 3 aromatic carbocycles. The predicted molar refractivity (Wildman–Crippen MR) is 141 cm³/mol. The van der Waals surface area contributed by atoms with Crippen LogP contribution in [0.2, 0.25) is 0 Å². The molecule has 34 heavy (non-hydrogen) atoms. The van der Waals surface area contributed by atoms with Gasteiger partial charge in [0.25, 0.3) is 0 Å². The summed E-state index contributed by atoms with van der Waals surface area (Å²) in [6.07, 6.45) is 0.758. The molecule has 2 atom stereocenters. The fourth-order valence-electron chi connectivity index (χ4n) is 4.04. The maximum Gasteiger partial charge on any atom is 0.248 e. The Kier molecular flexibility index (Phi) is 9.03. The van der Waals surface area contributed by atoms with Crippen LogP contribution < -0.4 is 10.2 Å². The molecule has 1 amide bonds. The van der Waals surface area contributed by atoms with Crippen LogP contribution in [0.3, 0.4) is 0 Å². The average Bonchev–Trinajstić information content (AvgIpc) is 2.83. The van der Waals surface area contributed by atoms with Crippen molar-refractivity contribution in [1.82, 2.24) is 5.32 Å². The summed E-state index contributed by atoms with van der Waals surface area (Å²) in [5.41, 5.74) is 6.58. The van der Waals surface area contributed by atoms with Crippen LogP contribution in [0.15, 0.2) is 72.8 Å². The van der Waals surface area contributed by atoms with Gasteiger partial charge in [-0.3, -0.25) is 10.1 Å². The summed E-state index contributed by atoms with van der Waals surface area (Å²) >= 11 is 0. The molecule has 4 nitrogen and oxygen atoms in total. The molecule has 3 aromatic rings. The molecule has 0 heterocycles. The fraction of sp³-hybridized carbons (Fsp3) is 0.367. The summed E-state index contributed by atoms with van der Waals surface area (Å²) < 4.78 is 0. The van der Waals surface area contributed by atoms with Gasteiger partial charge < -0.3 is 10.0 Å². The molecule has 0 saturated carbocycles. The molecule has 0 saturated heterocycles. The minimum absolute atomic E-state index is 0.0133. The van der Waals surface area contributed by atoms with Crippen LogP contribution in [0.4, 0.5) is 5.69 Å². The minimum Gasteiger partial charge on any atom is -0.395 e. The molecule has 180 valence electrons. The molecule has 0 aromatic heterocycles. The molecular weight excluding hydrogens is 420 g/mol. The number of nitrogens with zero attached hydrogens (tertiary/aromatic N) is 1. The molecule has 3 rings (SSSR count). The number of hydrogen-bond acceptors (Lipinski definition) is 3. The first-order valence-electron chi connectivity index (χ1n) is 12.2. The number of aryl methyl sites for hydroxylation is 3. The van der Waals surface area contributed by atoms with Gasteiger partial charge in [-0.15, -0.1) is 0 Å². The Morgan fingerprint density at radius 2 is 1.59 bits per heavy atom. The molecule has 0 bridgehead atoms. The van der Waals surface area contributed by atoms with Crippen LogP contribution in [0, 0.1) is 26.7 Å². The number of carbonyl (C=O) groups excluding carboxylic acids is 1. The van der Waals surface area contributed by atoms with E-state index < -0.39 is 6.04 Å². The maximum absolute atomic E-state index is 14.2. The smallest absolute Gasteiger partial charge is 0.248 e. The Morgan fingerprint density at radius 1 is 0.912 bits per heavy atom. The number of amides is 1. The van der Waals surface area contributed by atoms with Gasteiger partial charge in [-0.05, 0) is 67.5 Å². The van der Waals surface area contributed by atoms with Crippen molar-refractivity contribution in [3.63, 3.8) is 0 Å². The van der Waals surface area contributed by atoms with Crippen molar-refractivity contribution in [2.45, 2.75) is 53.1 Å². The second-order valence-corrected chi connectivity index (χ2v) is 9.54. The van der Waals surface area contributed by atoms with Gasteiger partial charge in [0.2, 0.25) is 5.91 Å². The van der Waals surface area contributed by atoms with Gasteiger partial charge >= 0.3 is 0 Å². The Labute approximate surface area is 204 Å². The Balaban J connectivity index is 1.98. The van der Waals surface area contributed by atoms with Crippen LogP contribution in [-0.2, 0) is 11.2 Å². The van der Waals surface area contributed by atoms with Gasteiger partial charge in [-0.25, -0.2) is 0 Å². The molecule has 0 aliphatic heterocycles. The van der Waals surface area contributed by atoms with E-state index in [9.17, 15) is 9.90 Å². The van der Waals surface area contributed by atoms with E-state index in [0.717, 1.165) is 23.2 Å². The number of benzene rings is 3. The Hall–Kier alpha value is -2.95. The van der Waals surface area contributed by atoms with E-state index >= 15 is 0 Å². The Bertz CT molecular complexity index is 1060. The number of anilines is 1. The van der Waals surface area contributed by atoms with E-state index in [-0.39, 0.29) is 24.5 Å². The van der Waals surface area contributed by atoms with Crippen LogP contribution in [0.1, 0.15) is 47.7 Å². The van der Waals surface area contributed by atoms with Gasteiger partial charge in [0.1, 0.15) is 6.04 Å². The highest BCUT2D eigenvalue weighted by molar-refractivity contribution is 5.98. The highest BCUT2D eigenvalue weighted by atomic mass is 16.3. The summed E-state index contributed by atoms with van der Waals surface area (Å²) in [5, 5.41) is 13.4. The number of aliphatic hydroxyl groups excluding tert-OH is 1. The van der Waals surface area contributed by atoms with E-state index in [1.54, 1.807) is 0 Å². The van der Waals surface area contributed by atoms with E-state index in [0.29, 0.717) is 6.54 Å². The molecule has 2 unspecified atom stereocenters. The zero-order valence-electron chi connectivity index (χ0n) is 21.1. The summed E-state index contributed by atoms with van der Waals surface area (Å²) in [6, 6.07) is 23.8. The average molecular weight is 459 g/mol. The molecule has 4 heteroatoms. The molecule has 0 spiro atoms. The van der Waals surface area contributed by atoms with Crippen LogP contribution >= 0.6 is 0 Å². The highest BCUT2D eigenvalue weighted by Gasteiger charge is 2.30. The first kappa shape index (κ1) is 25.7. The second-order valence-electron chi connectivity index (χ2n) is 9.54. The van der Waals surface area contributed by atoms with Crippen LogP contribution in [0.25, 0.3) is 0 Å². The lowest BCUT2D eigenvalue weighted by atomic mass is 9.99. The van der Waals surface area contributed by atoms with Gasteiger partial charge in [0, 0.05) is 18.3 Å². The molecule has 0 fully saturated rings. The van der Waals surface area contributed by atoms with Gasteiger partial charge in [-0.2, -0.15) is 0 Å². The summed E-state index contributed by atoms with van der Waals surface area (Å²) in [6.45, 7) is 10.9. The van der Waals surface area contributed by atoms with Crippen molar-refractivity contribution in [3.8, 4) is 0 Å². The van der Waals surface area contributed by atoms with Gasteiger partial charge in [0.05, 0.1) is 6.61 Å². The largest absolute Gasteiger partial charge is 0.395 e. The Morgan fingerprint density at radius 3 is 2.18 bits per heavy atom. The number of aliphatic hydroxyl groups is 1. The minimum atomic E-state index is -0.555. The SMILES string of the molecule is Cc1ccc(CCN(C(=O)C(NC(CO)C(C)C)c2ccccc2)c2ccc(C)c(C)c2)cc1. The van der Waals surface area contributed by atoms with E-state index in [1.807, 2.05) is 41.3 Å². The first-order chi connectivity index (χ1) is 16.3. The number of hydrogen-bond donors (Lipinski definition) is 2. The van der Waals surface area contributed by atoms with Crippen molar-refractivity contribution in [1.29, 1.82) is 0 Å². The fourth-order valence-corrected chi connectivity index (χ4v) is 4.04.